The number of halogens is 10. The van der Waals surface area contributed by atoms with Crippen molar-refractivity contribution in [3.63, 3.8) is 0 Å². The number of carbonyl (C=O) groups is 4. The van der Waals surface area contributed by atoms with Gasteiger partial charge in [-0.15, -0.1) is 0 Å². The first-order valence-electron chi connectivity index (χ1n) is 13.7. The van der Waals surface area contributed by atoms with E-state index < -0.39 is 113 Å². The Morgan fingerprint density at radius 1 is 0.625 bits per heavy atom. The van der Waals surface area contributed by atoms with Gasteiger partial charge in [0.25, 0.3) is 17.8 Å². The Morgan fingerprint density at radius 3 is 1.62 bits per heavy atom. The van der Waals surface area contributed by atoms with Crippen molar-refractivity contribution in [1.82, 2.24) is 5.32 Å². The SMILES string of the molecule is C=C(C)C(=O)OCCCC(=O)OCCC(F)(F)COCC(F)(F)CC(F)(F)OC(F)(F)CC(F)(F)COC(=O)NCCOC(=O)C(=C)C. The number of hydrogen-bond donors (Lipinski definition) is 1. The molecule has 0 unspecified atom stereocenters. The largest absolute Gasteiger partial charge is 0.465 e. The van der Waals surface area contributed by atoms with Crippen LogP contribution < -0.4 is 5.32 Å². The molecular weight excluding hydrogens is 688 g/mol. The molecule has 0 aromatic rings. The molecule has 0 atom stereocenters. The third kappa shape index (κ3) is 22.0. The van der Waals surface area contributed by atoms with Gasteiger partial charge in [-0.05, 0) is 20.3 Å². The van der Waals surface area contributed by atoms with Crippen molar-refractivity contribution in [2.75, 3.05) is 46.2 Å². The summed E-state index contributed by atoms with van der Waals surface area (Å²) in [5.74, 6) is -15.9. The quantitative estimate of drug-likeness (QED) is 0.0443. The minimum atomic E-state index is -5.48. The fourth-order valence-corrected chi connectivity index (χ4v) is 2.95. The van der Waals surface area contributed by atoms with Crippen LogP contribution in [0.3, 0.4) is 0 Å². The van der Waals surface area contributed by atoms with Crippen molar-refractivity contribution in [3.8, 4) is 0 Å². The molecule has 0 spiro atoms. The standard InChI is InChI=1S/C27H35F10NO10/c1-17(2)20(40)45-9-5-6-19(39)44-10-7-23(28,29)14-43-15-24(30,31)12-26(34,35)48-27(36,37)13-25(32,33)16-47-22(42)38-8-11-46-21(41)18(3)4/h1,3,5-16H2,2,4H3,(H,38,42). The highest BCUT2D eigenvalue weighted by molar-refractivity contribution is 5.87. The highest BCUT2D eigenvalue weighted by Crippen LogP contribution is 2.40. The van der Waals surface area contributed by atoms with E-state index >= 15 is 0 Å². The predicted octanol–water partition coefficient (Wildman–Crippen LogP) is 5.57. The van der Waals surface area contributed by atoms with E-state index in [9.17, 15) is 63.1 Å². The Hall–Kier alpha value is -3.62. The van der Waals surface area contributed by atoms with Crippen LogP contribution in [0.4, 0.5) is 48.7 Å². The zero-order valence-corrected chi connectivity index (χ0v) is 25.8. The number of rotatable bonds is 24. The summed E-state index contributed by atoms with van der Waals surface area (Å²) in [6.07, 6.45) is -19.9. The highest BCUT2D eigenvalue weighted by atomic mass is 19.3. The van der Waals surface area contributed by atoms with Gasteiger partial charge in [0.05, 0.1) is 19.8 Å². The maximum Gasteiger partial charge on any atom is 0.407 e. The van der Waals surface area contributed by atoms with Crippen LogP contribution in [-0.4, -0.2) is 100 Å². The van der Waals surface area contributed by atoms with Gasteiger partial charge in [-0.25, -0.2) is 40.7 Å². The Morgan fingerprint density at radius 2 is 1.10 bits per heavy atom. The number of amides is 1. The van der Waals surface area contributed by atoms with Crippen LogP contribution in [-0.2, 0) is 42.8 Å². The van der Waals surface area contributed by atoms with Gasteiger partial charge in [0.15, 0.2) is 6.61 Å². The van der Waals surface area contributed by atoms with Crippen LogP contribution in [0.1, 0.15) is 46.0 Å². The second-order valence-electron chi connectivity index (χ2n) is 10.2. The molecular formula is C27H35F10NO10. The smallest absolute Gasteiger partial charge is 0.407 e. The number of esters is 3. The van der Waals surface area contributed by atoms with E-state index in [1.165, 1.54) is 13.8 Å². The zero-order valence-electron chi connectivity index (χ0n) is 25.8. The van der Waals surface area contributed by atoms with Crippen LogP contribution in [0.15, 0.2) is 24.3 Å². The van der Waals surface area contributed by atoms with Crippen molar-refractivity contribution in [2.24, 2.45) is 0 Å². The molecule has 0 radical (unpaired) electrons. The second kappa shape index (κ2) is 19.4. The summed E-state index contributed by atoms with van der Waals surface area (Å²) in [7, 11) is 0. The van der Waals surface area contributed by atoms with E-state index in [1.807, 2.05) is 5.32 Å². The molecule has 1 amide bonds. The van der Waals surface area contributed by atoms with Crippen LogP contribution >= 0.6 is 0 Å². The summed E-state index contributed by atoms with van der Waals surface area (Å²) in [4.78, 5) is 45.2. The van der Waals surface area contributed by atoms with E-state index in [-0.39, 0.29) is 30.6 Å². The average molecular weight is 724 g/mol. The molecule has 48 heavy (non-hydrogen) atoms. The third-order valence-corrected chi connectivity index (χ3v) is 5.06. The van der Waals surface area contributed by atoms with Crippen LogP contribution in [0, 0.1) is 0 Å². The minimum absolute atomic E-state index is 0.00721. The van der Waals surface area contributed by atoms with Crippen molar-refractivity contribution in [1.29, 1.82) is 0 Å². The molecule has 0 aliphatic carbocycles. The van der Waals surface area contributed by atoms with Gasteiger partial charge in [0.1, 0.15) is 32.7 Å². The van der Waals surface area contributed by atoms with Crippen molar-refractivity contribution in [3.05, 3.63) is 24.3 Å². The molecule has 278 valence electrons. The topological polar surface area (TPSA) is 136 Å². The number of hydrogen-bond acceptors (Lipinski definition) is 10. The predicted molar refractivity (Wildman–Crippen MR) is 142 cm³/mol. The average Bonchev–Trinajstić information content (AvgIpc) is 2.89. The maximum atomic E-state index is 13.9. The molecule has 0 saturated carbocycles. The van der Waals surface area contributed by atoms with E-state index in [1.54, 1.807) is 0 Å². The molecule has 21 heteroatoms. The minimum Gasteiger partial charge on any atom is -0.465 e. The molecule has 0 aliphatic heterocycles. The molecule has 0 heterocycles. The molecule has 11 nitrogen and oxygen atoms in total. The fourth-order valence-electron chi connectivity index (χ4n) is 2.95. The first-order valence-corrected chi connectivity index (χ1v) is 13.7. The zero-order chi connectivity index (χ0) is 37.4. The van der Waals surface area contributed by atoms with E-state index in [4.69, 9.17) is 4.74 Å². The fraction of sp³-hybridized carbons (Fsp3) is 0.704. The third-order valence-electron chi connectivity index (χ3n) is 5.06. The van der Waals surface area contributed by atoms with Crippen molar-refractivity contribution >= 4 is 24.0 Å². The molecule has 0 saturated heterocycles. The summed E-state index contributed by atoms with van der Waals surface area (Å²) in [5.41, 5.74) is 0.113. The molecule has 0 aromatic carbocycles. The second-order valence-corrected chi connectivity index (χ2v) is 10.2. The number of alkyl carbamates (subject to hydrolysis) is 1. The Kier molecular flexibility index (Phi) is 17.9. The monoisotopic (exact) mass is 723 g/mol. The van der Waals surface area contributed by atoms with Gasteiger partial charge in [-0.1, -0.05) is 13.2 Å². The first kappa shape index (κ1) is 44.4. The van der Waals surface area contributed by atoms with Gasteiger partial charge in [0, 0.05) is 24.0 Å². The van der Waals surface area contributed by atoms with Gasteiger partial charge in [-0.2, -0.15) is 17.6 Å². The van der Waals surface area contributed by atoms with E-state index in [2.05, 4.69) is 36.8 Å². The molecule has 0 bridgehead atoms. The van der Waals surface area contributed by atoms with Crippen LogP contribution in [0.25, 0.3) is 0 Å². The lowest BCUT2D eigenvalue weighted by atomic mass is 10.2. The summed E-state index contributed by atoms with van der Waals surface area (Å²) in [6, 6.07) is 0. The number of carbonyl (C=O) groups excluding carboxylic acids is 4. The summed E-state index contributed by atoms with van der Waals surface area (Å²) in [5, 5.41) is 1.81. The molecule has 0 fully saturated rings. The lowest BCUT2D eigenvalue weighted by Crippen LogP contribution is -2.43. The van der Waals surface area contributed by atoms with Crippen molar-refractivity contribution < 1.29 is 91.5 Å². The Balaban J connectivity index is 4.60. The Labute approximate surface area is 267 Å². The molecule has 0 aromatic heterocycles. The first-order chi connectivity index (χ1) is 21.8. The molecule has 0 rings (SSSR count). The Bertz CT molecular complexity index is 1120. The van der Waals surface area contributed by atoms with E-state index in [0.717, 1.165) is 0 Å². The summed E-state index contributed by atoms with van der Waals surface area (Å²) < 4.78 is 163. The summed E-state index contributed by atoms with van der Waals surface area (Å²) >= 11 is 0. The van der Waals surface area contributed by atoms with Gasteiger partial charge in [0.2, 0.25) is 0 Å². The maximum absolute atomic E-state index is 13.9. The summed E-state index contributed by atoms with van der Waals surface area (Å²) in [6.45, 7) is 1.23. The van der Waals surface area contributed by atoms with Crippen molar-refractivity contribution in [2.45, 2.75) is 75.9 Å². The lowest BCUT2D eigenvalue weighted by Gasteiger charge is -2.29. The van der Waals surface area contributed by atoms with Crippen LogP contribution in [0.5, 0.6) is 0 Å². The van der Waals surface area contributed by atoms with Gasteiger partial charge >= 0.3 is 36.2 Å². The number of ether oxygens (including phenoxy) is 6. The normalized spacial score (nSPS) is 12.6. The van der Waals surface area contributed by atoms with Crippen LogP contribution in [0.2, 0.25) is 0 Å². The number of nitrogens with one attached hydrogen (secondary N) is 1. The van der Waals surface area contributed by atoms with Gasteiger partial charge < -0.3 is 29.0 Å². The van der Waals surface area contributed by atoms with Gasteiger partial charge in [-0.3, -0.25) is 9.53 Å². The lowest BCUT2D eigenvalue weighted by molar-refractivity contribution is -0.398. The highest BCUT2D eigenvalue weighted by Gasteiger charge is 2.54. The molecule has 1 N–H and O–H groups in total. The number of alkyl halides is 10. The van der Waals surface area contributed by atoms with E-state index in [0.29, 0.717) is 0 Å². The molecule has 0 aliphatic rings.